The highest BCUT2D eigenvalue weighted by molar-refractivity contribution is 6.30. The van der Waals surface area contributed by atoms with Gasteiger partial charge in [0.05, 0.1) is 10.5 Å². The predicted molar refractivity (Wildman–Crippen MR) is 81.7 cm³/mol. The molecule has 0 aliphatic carbocycles. The first kappa shape index (κ1) is 17.4. The first-order valence-electron chi connectivity index (χ1n) is 5.97. The lowest BCUT2D eigenvalue weighted by atomic mass is 10.2. The molecule has 0 aliphatic heterocycles. The number of nitro groups is 1. The maximum absolute atomic E-state index is 10.6. The quantitative estimate of drug-likeness (QED) is 0.378. The molecule has 0 heterocycles. The van der Waals surface area contributed by atoms with Gasteiger partial charge in [-0.1, -0.05) is 17.7 Å². The average molecular weight is 325 g/mol. The molecule has 2 aromatic carbocycles. The molecule has 0 unspecified atom stereocenters. The molecule has 0 spiro atoms. The summed E-state index contributed by atoms with van der Waals surface area (Å²) in [5.74, 6) is -0.813. The van der Waals surface area contributed by atoms with Gasteiger partial charge in [0.15, 0.2) is 0 Å². The van der Waals surface area contributed by atoms with Crippen molar-refractivity contribution in [3.8, 4) is 0 Å². The maximum Gasteiger partial charge on any atom is 0.372 e. The number of anilines is 1. The van der Waals surface area contributed by atoms with E-state index in [1.165, 1.54) is 24.3 Å². The van der Waals surface area contributed by atoms with E-state index in [9.17, 15) is 14.9 Å². The van der Waals surface area contributed by atoms with Crippen molar-refractivity contribution >= 4 is 28.9 Å². The lowest BCUT2D eigenvalue weighted by molar-refractivity contribution is -0.385. The van der Waals surface area contributed by atoms with Crippen molar-refractivity contribution in [1.29, 1.82) is 0 Å². The van der Waals surface area contributed by atoms with Crippen molar-refractivity contribution in [1.82, 2.24) is 0 Å². The number of nitro benzene ring substituents is 1. The highest BCUT2D eigenvalue weighted by atomic mass is 35.5. The van der Waals surface area contributed by atoms with Crippen molar-refractivity contribution in [2.24, 2.45) is 0 Å². The molecule has 0 bridgehead atoms. The van der Waals surface area contributed by atoms with E-state index in [2.05, 4.69) is 4.89 Å². The normalized spacial score (nSPS) is 9.41. The van der Waals surface area contributed by atoms with Crippen molar-refractivity contribution in [3.63, 3.8) is 0 Å². The van der Waals surface area contributed by atoms with Gasteiger partial charge >= 0.3 is 5.97 Å². The number of hydrogen-bond acceptors (Lipinski definition) is 6. The molecule has 8 heteroatoms. The van der Waals surface area contributed by atoms with Crippen LogP contribution in [0.4, 0.5) is 11.4 Å². The van der Waals surface area contributed by atoms with E-state index in [0.29, 0.717) is 16.3 Å². The van der Waals surface area contributed by atoms with Crippen molar-refractivity contribution < 1.29 is 19.9 Å². The zero-order chi connectivity index (χ0) is 16.7. The van der Waals surface area contributed by atoms with Crippen LogP contribution in [0.2, 0.25) is 5.02 Å². The Balaban J connectivity index is 0.000000220. The molecular weight excluding hydrogens is 312 g/mol. The Kier molecular flexibility index (Phi) is 6.30. The summed E-state index contributed by atoms with van der Waals surface area (Å²) >= 11 is 5.56. The number of aryl methyl sites for hydroxylation is 1. The smallest absolute Gasteiger partial charge is 0.372 e. The summed E-state index contributed by atoms with van der Waals surface area (Å²) in [4.78, 5) is 24.0. The zero-order valence-corrected chi connectivity index (χ0v) is 12.3. The number of benzene rings is 2. The van der Waals surface area contributed by atoms with Crippen LogP contribution in [-0.2, 0) is 4.89 Å². The number of rotatable bonds is 2. The molecule has 0 saturated carbocycles. The van der Waals surface area contributed by atoms with Crippen LogP contribution in [0.1, 0.15) is 15.9 Å². The minimum atomic E-state index is -0.813. The maximum atomic E-state index is 10.6. The second-order valence-electron chi connectivity index (χ2n) is 4.19. The van der Waals surface area contributed by atoms with Crippen LogP contribution in [0.15, 0.2) is 42.5 Å². The number of carbonyl (C=O) groups is 1. The highest BCUT2D eigenvalue weighted by Gasteiger charge is 2.08. The molecule has 0 amide bonds. The monoisotopic (exact) mass is 324 g/mol. The number of carbonyl (C=O) groups excluding carboxylic acids is 1. The fourth-order valence-electron chi connectivity index (χ4n) is 1.55. The topological polar surface area (TPSA) is 116 Å². The Hall–Kier alpha value is -2.64. The first-order chi connectivity index (χ1) is 10.3. The molecule has 7 nitrogen and oxygen atoms in total. The van der Waals surface area contributed by atoms with Gasteiger partial charge < -0.3 is 5.73 Å². The van der Waals surface area contributed by atoms with Crippen molar-refractivity contribution in [2.75, 3.05) is 5.73 Å². The zero-order valence-electron chi connectivity index (χ0n) is 11.5. The lowest BCUT2D eigenvalue weighted by Gasteiger charge is -1.96. The Morgan fingerprint density at radius 2 is 2.00 bits per heavy atom. The average Bonchev–Trinajstić information content (AvgIpc) is 2.46. The van der Waals surface area contributed by atoms with Gasteiger partial charge in [-0.25, -0.2) is 4.79 Å². The number of halogens is 1. The van der Waals surface area contributed by atoms with Gasteiger partial charge in [-0.05, 0) is 37.3 Å². The third kappa shape index (κ3) is 5.04. The van der Waals surface area contributed by atoms with Gasteiger partial charge in [-0.15, -0.1) is 0 Å². The third-order valence-electron chi connectivity index (χ3n) is 2.56. The number of hydrogen-bond donors (Lipinski definition) is 2. The molecular formula is C14H13ClN2O5. The highest BCUT2D eigenvalue weighted by Crippen LogP contribution is 2.19. The molecule has 0 radical (unpaired) electrons. The fraction of sp³-hybridized carbons (Fsp3) is 0.0714. The molecule has 0 fully saturated rings. The molecule has 0 atom stereocenters. The van der Waals surface area contributed by atoms with E-state index in [-0.39, 0.29) is 11.3 Å². The lowest BCUT2D eigenvalue weighted by Crippen LogP contribution is -2.00. The predicted octanol–water partition coefficient (Wildman–Crippen LogP) is 3.46. The minimum absolute atomic E-state index is 0.110. The summed E-state index contributed by atoms with van der Waals surface area (Å²) in [6.07, 6.45) is 0. The Bertz CT molecular complexity index is 691. The molecule has 0 aliphatic rings. The number of nitrogens with two attached hydrogens (primary N) is 1. The SMILES string of the molecule is Cc1cc(N)ccc1[N+](=O)[O-].O=C(OO)c1cccc(Cl)c1. The van der Waals surface area contributed by atoms with E-state index in [0.717, 1.165) is 0 Å². The van der Waals surface area contributed by atoms with Crippen LogP contribution >= 0.6 is 11.6 Å². The van der Waals surface area contributed by atoms with Crippen LogP contribution < -0.4 is 5.73 Å². The number of nitrogens with zero attached hydrogens (tertiary/aromatic N) is 1. The largest absolute Gasteiger partial charge is 0.399 e. The van der Waals surface area contributed by atoms with Crippen molar-refractivity contribution in [3.05, 3.63) is 68.7 Å². The molecule has 0 aromatic heterocycles. The molecule has 0 saturated heterocycles. The van der Waals surface area contributed by atoms with Crippen LogP contribution in [0.25, 0.3) is 0 Å². The molecule has 2 aromatic rings. The summed E-state index contributed by atoms with van der Waals surface area (Å²) in [6.45, 7) is 1.66. The second kappa shape index (κ2) is 7.96. The van der Waals surface area contributed by atoms with E-state index in [1.807, 2.05) is 0 Å². The minimum Gasteiger partial charge on any atom is -0.399 e. The number of nitrogen functional groups attached to an aromatic ring is 1. The van der Waals surface area contributed by atoms with Gasteiger partial charge in [0.1, 0.15) is 0 Å². The summed E-state index contributed by atoms with van der Waals surface area (Å²) in [6, 6.07) is 10.6. The van der Waals surface area contributed by atoms with Crippen LogP contribution in [0.5, 0.6) is 0 Å². The summed E-state index contributed by atoms with van der Waals surface area (Å²) in [7, 11) is 0. The Morgan fingerprint density at radius 1 is 1.32 bits per heavy atom. The molecule has 3 N–H and O–H groups in total. The van der Waals surface area contributed by atoms with Crippen LogP contribution in [0, 0.1) is 17.0 Å². The van der Waals surface area contributed by atoms with E-state index in [4.69, 9.17) is 22.6 Å². The molecule has 116 valence electrons. The summed E-state index contributed by atoms with van der Waals surface area (Å²) < 4.78 is 0. The van der Waals surface area contributed by atoms with Crippen LogP contribution in [0.3, 0.4) is 0 Å². The van der Waals surface area contributed by atoms with E-state index in [1.54, 1.807) is 25.1 Å². The molecule has 22 heavy (non-hydrogen) atoms. The summed E-state index contributed by atoms with van der Waals surface area (Å²) in [5.41, 5.74) is 6.88. The Labute approximate surface area is 131 Å². The van der Waals surface area contributed by atoms with Gasteiger partial charge in [-0.2, -0.15) is 5.26 Å². The van der Waals surface area contributed by atoms with E-state index >= 15 is 0 Å². The standard InChI is InChI=1S/C7H5ClO3.C7H8N2O2/c8-6-3-1-2-5(4-6)7(9)11-10;1-5-4-6(8)2-3-7(5)9(10)11/h1-4,10H;2-4H,8H2,1H3. The second-order valence-corrected chi connectivity index (χ2v) is 4.63. The summed E-state index contributed by atoms with van der Waals surface area (Å²) in [5, 5.41) is 18.7. The first-order valence-corrected chi connectivity index (χ1v) is 6.34. The third-order valence-corrected chi connectivity index (χ3v) is 2.80. The van der Waals surface area contributed by atoms with Crippen molar-refractivity contribution in [2.45, 2.75) is 6.92 Å². The van der Waals surface area contributed by atoms with Gasteiger partial charge in [0.25, 0.3) is 5.69 Å². The molecule has 2 rings (SSSR count). The van der Waals surface area contributed by atoms with E-state index < -0.39 is 10.9 Å². The fourth-order valence-corrected chi connectivity index (χ4v) is 1.74. The van der Waals surface area contributed by atoms with Crippen LogP contribution in [-0.4, -0.2) is 16.1 Å². The Morgan fingerprint density at radius 3 is 2.50 bits per heavy atom. The van der Waals surface area contributed by atoms with Gasteiger partial charge in [0, 0.05) is 22.3 Å². The van der Waals surface area contributed by atoms with Gasteiger partial charge in [0.2, 0.25) is 0 Å². The van der Waals surface area contributed by atoms with Gasteiger partial charge in [-0.3, -0.25) is 15.0 Å².